The Kier molecular flexibility index (Phi) is 4.50. The van der Waals surface area contributed by atoms with Gasteiger partial charge in [-0.25, -0.2) is 13.4 Å². The van der Waals surface area contributed by atoms with Crippen molar-refractivity contribution < 1.29 is 8.42 Å². The van der Waals surface area contributed by atoms with E-state index in [1.54, 1.807) is 6.92 Å². The molecule has 7 heteroatoms. The number of hydrogen-bond acceptors (Lipinski definition) is 5. The number of nitrogens with one attached hydrogen (secondary N) is 2. The van der Waals surface area contributed by atoms with Gasteiger partial charge in [-0.2, -0.15) is 0 Å². The third kappa shape index (κ3) is 4.87. The third-order valence-electron chi connectivity index (χ3n) is 2.25. The van der Waals surface area contributed by atoms with Gasteiger partial charge in [0, 0.05) is 24.3 Å². The van der Waals surface area contributed by atoms with E-state index in [1.165, 1.54) is 12.3 Å². The van der Waals surface area contributed by atoms with Crippen LogP contribution >= 0.6 is 0 Å². The molecular weight excluding hydrogens is 254 g/mol. The second-order valence-corrected chi connectivity index (χ2v) is 6.99. The maximum Gasteiger partial charge on any atom is 0.252 e. The first-order valence-electron chi connectivity index (χ1n) is 5.73. The van der Waals surface area contributed by atoms with Gasteiger partial charge in [-0.1, -0.05) is 13.8 Å². The predicted molar refractivity (Wildman–Crippen MR) is 71.7 cm³/mol. The Bertz CT molecular complexity index is 563. The van der Waals surface area contributed by atoms with Crippen molar-refractivity contribution in [1.29, 1.82) is 0 Å². The summed E-state index contributed by atoms with van der Waals surface area (Å²) in [5, 5.41) is 2.92. The molecule has 1 aromatic heterocycles. The lowest BCUT2D eigenvalue weighted by Crippen LogP contribution is -2.26. The van der Waals surface area contributed by atoms with Crippen LogP contribution in [0.2, 0.25) is 0 Å². The average molecular weight is 273 g/mol. The van der Waals surface area contributed by atoms with Gasteiger partial charge in [-0.05, 0) is 6.92 Å². The van der Waals surface area contributed by atoms with Crippen molar-refractivity contribution in [2.75, 3.05) is 17.3 Å². The highest BCUT2D eigenvalue weighted by Gasteiger charge is 2.12. The summed E-state index contributed by atoms with van der Waals surface area (Å²) in [5.74, 6) is 1.08. The summed E-state index contributed by atoms with van der Waals surface area (Å²) in [6, 6.07) is 1.03. The number of aromatic nitrogens is 2. The smallest absolute Gasteiger partial charge is 0.252 e. The molecule has 1 atom stereocenters. The molecule has 0 amide bonds. The van der Waals surface area contributed by atoms with Gasteiger partial charge in [-0.15, -0.1) is 0 Å². The number of aromatic amines is 1. The molecule has 0 aliphatic heterocycles. The van der Waals surface area contributed by atoms with Gasteiger partial charge in [0.2, 0.25) is 0 Å². The average Bonchev–Trinajstić information content (AvgIpc) is 2.12. The van der Waals surface area contributed by atoms with Gasteiger partial charge < -0.3 is 10.3 Å². The monoisotopic (exact) mass is 273 g/mol. The van der Waals surface area contributed by atoms with E-state index >= 15 is 0 Å². The van der Waals surface area contributed by atoms with Crippen LogP contribution in [0.5, 0.6) is 0 Å². The van der Waals surface area contributed by atoms with Crippen molar-refractivity contribution in [3.63, 3.8) is 0 Å². The zero-order valence-electron chi connectivity index (χ0n) is 11.0. The van der Waals surface area contributed by atoms with Crippen LogP contribution in [0.4, 0.5) is 5.82 Å². The van der Waals surface area contributed by atoms with E-state index in [2.05, 4.69) is 15.3 Å². The second-order valence-electron chi connectivity index (χ2n) is 4.81. The van der Waals surface area contributed by atoms with E-state index in [1.807, 2.05) is 13.8 Å². The molecule has 0 aromatic carbocycles. The summed E-state index contributed by atoms with van der Waals surface area (Å²) in [7, 11) is -3.06. The minimum absolute atomic E-state index is 0.00150. The summed E-state index contributed by atoms with van der Waals surface area (Å²) in [6.45, 7) is 5.57. The van der Waals surface area contributed by atoms with Crippen molar-refractivity contribution in [1.82, 2.24) is 9.97 Å². The zero-order valence-corrected chi connectivity index (χ0v) is 11.8. The molecule has 0 spiro atoms. The van der Waals surface area contributed by atoms with Gasteiger partial charge in [-0.3, -0.25) is 4.79 Å². The molecule has 0 bridgehead atoms. The first-order chi connectivity index (χ1) is 8.17. The maximum absolute atomic E-state index is 11.4. The number of hydrogen-bond donors (Lipinski definition) is 2. The summed E-state index contributed by atoms with van der Waals surface area (Å²) >= 11 is 0. The molecule has 0 aliphatic rings. The highest BCUT2D eigenvalue weighted by Crippen LogP contribution is 2.10. The Morgan fingerprint density at radius 1 is 1.39 bits per heavy atom. The predicted octanol–water partition coefficient (Wildman–Crippen LogP) is 0.738. The van der Waals surface area contributed by atoms with Crippen LogP contribution in [0.25, 0.3) is 0 Å². The Balaban J connectivity index is 2.88. The van der Waals surface area contributed by atoms with Crippen LogP contribution in [0.1, 0.15) is 32.5 Å². The Morgan fingerprint density at radius 3 is 2.50 bits per heavy atom. The highest BCUT2D eigenvalue weighted by atomic mass is 32.2. The molecule has 1 rings (SSSR count). The van der Waals surface area contributed by atoms with Crippen molar-refractivity contribution in [3.05, 3.63) is 22.2 Å². The van der Waals surface area contributed by atoms with Gasteiger partial charge in [0.15, 0.2) is 0 Å². The largest absolute Gasteiger partial charge is 0.366 e. The van der Waals surface area contributed by atoms with Crippen LogP contribution in [0.15, 0.2) is 10.9 Å². The fraction of sp³-hybridized carbons (Fsp3) is 0.636. The summed E-state index contributed by atoms with van der Waals surface area (Å²) in [5.41, 5.74) is -0.247. The number of rotatable bonds is 5. The van der Waals surface area contributed by atoms with Crippen LogP contribution in [-0.4, -0.2) is 36.4 Å². The van der Waals surface area contributed by atoms with Gasteiger partial charge >= 0.3 is 0 Å². The lowest BCUT2D eigenvalue weighted by Gasteiger charge is -2.14. The summed E-state index contributed by atoms with van der Waals surface area (Å²) in [4.78, 5) is 18.3. The zero-order chi connectivity index (χ0) is 13.9. The van der Waals surface area contributed by atoms with E-state index in [0.717, 1.165) is 0 Å². The van der Waals surface area contributed by atoms with E-state index in [4.69, 9.17) is 0 Å². The summed E-state index contributed by atoms with van der Waals surface area (Å²) < 4.78 is 22.3. The van der Waals surface area contributed by atoms with Gasteiger partial charge in [0.1, 0.15) is 21.5 Å². The normalized spacial score (nSPS) is 13.6. The minimum atomic E-state index is -3.06. The van der Waals surface area contributed by atoms with Crippen molar-refractivity contribution in [2.24, 2.45) is 0 Å². The standard InChI is InChI=1S/C11H19N3O3S/c1-7(2)11-13-9(5-10(15)14-11)12-8(3)6-18(4,16)17/h5,7-8H,6H2,1-4H3,(H2,12,13,14,15). The van der Waals surface area contributed by atoms with Crippen LogP contribution in [0, 0.1) is 0 Å². The first kappa shape index (κ1) is 14.7. The molecule has 6 nitrogen and oxygen atoms in total. The molecule has 1 unspecified atom stereocenters. The van der Waals surface area contributed by atoms with Gasteiger partial charge in [0.25, 0.3) is 5.56 Å². The van der Waals surface area contributed by atoms with E-state index < -0.39 is 9.84 Å². The molecule has 0 saturated heterocycles. The van der Waals surface area contributed by atoms with Crippen LogP contribution in [0.3, 0.4) is 0 Å². The lowest BCUT2D eigenvalue weighted by molar-refractivity contribution is 0.598. The molecule has 1 aromatic rings. The molecule has 2 N–H and O–H groups in total. The van der Waals surface area contributed by atoms with Gasteiger partial charge in [0.05, 0.1) is 5.75 Å². The fourth-order valence-electron chi connectivity index (χ4n) is 1.57. The van der Waals surface area contributed by atoms with E-state index in [0.29, 0.717) is 11.6 Å². The molecule has 102 valence electrons. The maximum atomic E-state index is 11.4. The Hall–Kier alpha value is -1.37. The van der Waals surface area contributed by atoms with Crippen molar-refractivity contribution in [2.45, 2.75) is 32.7 Å². The Morgan fingerprint density at radius 2 is 2.00 bits per heavy atom. The molecule has 0 saturated carbocycles. The SMILES string of the molecule is CC(CS(C)(=O)=O)Nc1cc(=O)[nH]c(C(C)C)n1. The molecular formula is C11H19N3O3S. The number of H-pyrrole nitrogens is 1. The van der Waals surface area contributed by atoms with E-state index in [-0.39, 0.29) is 23.3 Å². The topological polar surface area (TPSA) is 91.9 Å². The number of anilines is 1. The molecule has 18 heavy (non-hydrogen) atoms. The highest BCUT2D eigenvalue weighted by molar-refractivity contribution is 7.90. The third-order valence-corrected chi connectivity index (χ3v) is 3.36. The van der Waals surface area contributed by atoms with Crippen molar-refractivity contribution in [3.8, 4) is 0 Å². The number of nitrogens with zero attached hydrogens (tertiary/aromatic N) is 1. The fourth-order valence-corrected chi connectivity index (χ4v) is 2.56. The molecule has 0 fully saturated rings. The van der Waals surface area contributed by atoms with Crippen molar-refractivity contribution >= 4 is 15.7 Å². The first-order valence-corrected chi connectivity index (χ1v) is 7.79. The van der Waals surface area contributed by atoms with Crippen LogP contribution < -0.4 is 10.9 Å². The second kappa shape index (κ2) is 5.51. The lowest BCUT2D eigenvalue weighted by atomic mass is 10.2. The quantitative estimate of drug-likeness (QED) is 0.825. The van der Waals surface area contributed by atoms with E-state index in [9.17, 15) is 13.2 Å². The summed E-state index contributed by atoms with van der Waals surface area (Å²) in [6.07, 6.45) is 1.18. The molecule has 1 heterocycles. The molecule has 0 radical (unpaired) electrons. The number of sulfone groups is 1. The Labute approximate surface area is 107 Å². The van der Waals surface area contributed by atoms with Crippen LogP contribution in [-0.2, 0) is 9.84 Å². The minimum Gasteiger partial charge on any atom is -0.366 e. The molecule has 0 aliphatic carbocycles.